The van der Waals surface area contributed by atoms with Crippen LogP contribution in [0.2, 0.25) is 0 Å². The van der Waals surface area contributed by atoms with Crippen molar-refractivity contribution >= 4 is 11.4 Å². The third kappa shape index (κ3) is 2.81. The zero-order valence-corrected chi connectivity index (χ0v) is 12.4. The van der Waals surface area contributed by atoms with Crippen LogP contribution in [0.25, 0.3) is 0 Å². The lowest BCUT2D eigenvalue weighted by molar-refractivity contribution is -0.384. The monoisotopic (exact) mass is 290 g/mol. The first-order valence-electron chi connectivity index (χ1n) is 6.55. The fraction of sp³-hybridized carbons (Fsp3) is 0.357. The third-order valence-electron chi connectivity index (χ3n) is 3.55. The summed E-state index contributed by atoms with van der Waals surface area (Å²) >= 11 is 0. The number of hydrogen-bond donors (Lipinski definition) is 2. The van der Waals surface area contributed by atoms with Crippen LogP contribution in [0.5, 0.6) is 5.75 Å². The van der Waals surface area contributed by atoms with Crippen LogP contribution in [0.4, 0.5) is 11.4 Å². The van der Waals surface area contributed by atoms with E-state index in [9.17, 15) is 15.2 Å². The molecular weight excluding hydrogens is 272 g/mol. The van der Waals surface area contributed by atoms with Gasteiger partial charge >= 0.3 is 0 Å². The average molecular weight is 290 g/mol. The number of aryl methyl sites for hydroxylation is 2. The van der Waals surface area contributed by atoms with Gasteiger partial charge in [0.1, 0.15) is 11.4 Å². The number of nitro benzene ring substituents is 1. The summed E-state index contributed by atoms with van der Waals surface area (Å²) < 4.78 is 1.79. The van der Waals surface area contributed by atoms with Gasteiger partial charge in [-0.2, -0.15) is 5.10 Å². The molecule has 1 aromatic heterocycles. The van der Waals surface area contributed by atoms with E-state index in [1.807, 2.05) is 27.8 Å². The van der Waals surface area contributed by atoms with Crippen LogP contribution in [-0.2, 0) is 7.05 Å². The highest BCUT2D eigenvalue weighted by Gasteiger charge is 2.20. The number of nitrogens with zero attached hydrogens (tertiary/aromatic N) is 3. The van der Waals surface area contributed by atoms with Crippen molar-refractivity contribution in [2.75, 3.05) is 5.32 Å². The van der Waals surface area contributed by atoms with Crippen molar-refractivity contribution in [1.82, 2.24) is 9.78 Å². The molecule has 0 fully saturated rings. The van der Waals surface area contributed by atoms with Gasteiger partial charge in [0.15, 0.2) is 0 Å². The summed E-state index contributed by atoms with van der Waals surface area (Å²) in [6.45, 7) is 5.79. The highest BCUT2D eigenvalue weighted by atomic mass is 16.6. The SMILES string of the molecule is Cc1nn(C)c(C)c1C(C)Nc1ccc(O)cc1[N+](=O)[O-]. The number of nitrogens with one attached hydrogen (secondary N) is 1. The number of anilines is 1. The Labute approximate surface area is 122 Å². The molecule has 0 amide bonds. The van der Waals surface area contributed by atoms with Gasteiger partial charge in [-0.05, 0) is 32.9 Å². The molecule has 1 unspecified atom stereocenters. The third-order valence-corrected chi connectivity index (χ3v) is 3.55. The smallest absolute Gasteiger partial charge is 0.296 e. The van der Waals surface area contributed by atoms with Crippen LogP contribution in [0.3, 0.4) is 0 Å². The molecule has 0 aliphatic heterocycles. The zero-order chi connectivity index (χ0) is 15.7. The molecular formula is C14H18N4O3. The quantitative estimate of drug-likeness (QED) is 0.513. The van der Waals surface area contributed by atoms with Gasteiger partial charge in [-0.15, -0.1) is 0 Å². The van der Waals surface area contributed by atoms with Crippen LogP contribution in [0.1, 0.15) is 29.9 Å². The predicted molar refractivity (Wildman–Crippen MR) is 79.5 cm³/mol. The average Bonchev–Trinajstić information content (AvgIpc) is 2.65. The van der Waals surface area contributed by atoms with E-state index in [4.69, 9.17) is 0 Å². The minimum atomic E-state index is -0.516. The summed E-state index contributed by atoms with van der Waals surface area (Å²) in [5.74, 6) is -0.131. The molecule has 21 heavy (non-hydrogen) atoms. The lowest BCUT2D eigenvalue weighted by Crippen LogP contribution is -2.10. The number of benzene rings is 1. The molecule has 1 aromatic carbocycles. The van der Waals surface area contributed by atoms with Gasteiger partial charge in [-0.1, -0.05) is 0 Å². The molecule has 2 aromatic rings. The van der Waals surface area contributed by atoms with E-state index in [0.29, 0.717) is 5.69 Å². The molecule has 2 rings (SSSR count). The van der Waals surface area contributed by atoms with Gasteiger partial charge in [0.05, 0.1) is 22.7 Å². The fourth-order valence-electron chi connectivity index (χ4n) is 2.52. The predicted octanol–water partition coefficient (Wildman–Crippen LogP) is 2.82. The van der Waals surface area contributed by atoms with Crippen molar-refractivity contribution in [3.63, 3.8) is 0 Å². The van der Waals surface area contributed by atoms with E-state index in [0.717, 1.165) is 23.0 Å². The topological polar surface area (TPSA) is 93.2 Å². The molecule has 7 heteroatoms. The van der Waals surface area contributed by atoms with E-state index in [-0.39, 0.29) is 17.5 Å². The normalized spacial score (nSPS) is 12.2. The lowest BCUT2D eigenvalue weighted by atomic mass is 10.1. The van der Waals surface area contributed by atoms with Crippen LogP contribution >= 0.6 is 0 Å². The van der Waals surface area contributed by atoms with Crippen LogP contribution in [-0.4, -0.2) is 19.8 Å². The van der Waals surface area contributed by atoms with Crippen molar-refractivity contribution in [3.05, 3.63) is 45.3 Å². The first-order chi connectivity index (χ1) is 9.81. The number of hydrogen-bond acceptors (Lipinski definition) is 5. The number of aromatic hydroxyl groups is 1. The Bertz CT molecular complexity index is 694. The molecule has 0 radical (unpaired) electrons. The lowest BCUT2D eigenvalue weighted by Gasteiger charge is -2.16. The molecule has 0 bridgehead atoms. The minimum absolute atomic E-state index is 0.131. The molecule has 0 spiro atoms. The zero-order valence-electron chi connectivity index (χ0n) is 12.4. The molecule has 0 aliphatic rings. The van der Waals surface area contributed by atoms with E-state index in [1.54, 1.807) is 4.68 Å². The van der Waals surface area contributed by atoms with Crippen molar-refractivity contribution < 1.29 is 10.0 Å². The second-order valence-electron chi connectivity index (χ2n) is 5.03. The van der Waals surface area contributed by atoms with Crippen LogP contribution in [0, 0.1) is 24.0 Å². The van der Waals surface area contributed by atoms with Gasteiger partial charge in [0, 0.05) is 18.3 Å². The summed E-state index contributed by atoms with van der Waals surface area (Å²) in [5.41, 5.74) is 3.12. The van der Waals surface area contributed by atoms with Gasteiger partial charge in [-0.25, -0.2) is 0 Å². The fourth-order valence-corrected chi connectivity index (χ4v) is 2.52. The maximum absolute atomic E-state index is 11.1. The van der Waals surface area contributed by atoms with Gasteiger partial charge < -0.3 is 10.4 Å². The highest BCUT2D eigenvalue weighted by Crippen LogP contribution is 2.32. The number of phenolic OH excluding ortho intramolecular Hbond substituents is 1. The molecule has 1 atom stereocenters. The second-order valence-corrected chi connectivity index (χ2v) is 5.03. The van der Waals surface area contributed by atoms with E-state index in [2.05, 4.69) is 10.4 Å². The maximum Gasteiger partial charge on any atom is 0.296 e. The van der Waals surface area contributed by atoms with Crippen molar-refractivity contribution in [2.24, 2.45) is 7.05 Å². The summed E-state index contributed by atoms with van der Waals surface area (Å²) in [5, 5.41) is 27.9. The Balaban J connectivity index is 2.36. The van der Waals surface area contributed by atoms with Crippen molar-refractivity contribution in [3.8, 4) is 5.75 Å². The Kier molecular flexibility index (Phi) is 3.84. The summed E-state index contributed by atoms with van der Waals surface area (Å²) in [4.78, 5) is 10.6. The van der Waals surface area contributed by atoms with Crippen molar-refractivity contribution in [2.45, 2.75) is 26.8 Å². The Hall–Kier alpha value is -2.57. The Morgan fingerprint density at radius 2 is 2.10 bits per heavy atom. The molecule has 0 saturated carbocycles. The number of phenols is 1. The first-order valence-corrected chi connectivity index (χ1v) is 6.55. The highest BCUT2D eigenvalue weighted by molar-refractivity contribution is 5.64. The van der Waals surface area contributed by atoms with Crippen LogP contribution < -0.4 is 5.32 Å². The number of aromatic nitrogens is 2. The molecule has 0 aliphatic carbocycles. The standard InChI is InChI=1S/C14H18N4O3/c1-8(14-9(2)16-17(4)10(14)3)15-12-6-5-11(19)7-13(12)18(20)21/h5-8,15,19H,1-4H3. The van der Waals surface area contributed by atoms with Gasteiger partial charge in [0.2, 0.25) is 0 Å². The van der Waals surface area contributed by atoms with Crippen molar-refractivity contribution in [1.29, 1.82) is 0 Å². The molecule has 2 N–H and O–H groups in total. The first kappa shape index (κ1) is 14.8. The number of rotatable bonds is 4. The molecule has 1 heterocycles. The summed E-state index contributed by atoms with van der Waals surface area (Å²) in [6.07, 6.45) is 0. The molecule has 0 saturated heterocycles. The van der Waals surface area contributed by atoms with E-state index < -0.39 is 4.92 Å². The Morgan fingerprint density at radius 3 is 2.62 bits per heavy atom. The van der Waals surface area contributed by atoms with Gasteiger partial charge in [0.25, 0.3) is 5.69 Å². The van der Waals surface area contributed by atoms with E-state index >= 15 is 0 Å². The molecule has 112 valence electrons. The summed E-state index contributed by atoms with van der Waals surface area (Å²) in [7, 11) is 1.86. The number of nitro groups is 1. The second kappa shape index (κ2) is 5.43. The Morgan fingerprint density at radius 1 is 1.43 bits per heavy atom. The maximum atomic E-state index is 11.1. The molecule has 7 nitrogen and oxygen atoms in total. The van der Waals surface area contributed by atoms with Crippen LogP contribution in [0.15, 0.2) is 18.2 Å². The summed E-state index contributed by atoms with van der Waals surface area (Å²) in [6, 6.07) is 3.93. The largest absolute Gasteiger partial charge is 0.508 e. The van der Waals surface area contributed by atoms with E-state index in [1.165, 1.54) is 12.1 Å². The van der Waals surface area contributed by atoms with Gasteiger partial charge in [-0.3, -0.25) is 14.8 Å². The minimum Gasteiger partial charge on any atom is -0.508 e.